The average Bonchev–Trinajstić information content (AvgIpc) is 2.28. The first-order valence-electron chi connectivity index (χ1n) is 5.38. The molecule has 0 amide bonds. The van der Waals surface area contributed by atoms with Crippen molar-refractivity contribution >= 4 is 17.7 Å². The predicted molar refractivity (Wildman–Crippen MR) is 68.2 cm³/mol. The highest BCUT2D eigenvalue weighted by molar-refractivity contribution is 5.64. The molecule has 6 heteroatoms. The Morgan fingerprint density at radius 1 is 1.39 bits per heavy atom. The first-order valence-corrected chi connectivity index (χ1v) is 5.38. The summed E-state index contributed by atoms with van der Waals surface area (Å²) in [6.07, 6.45) is 0.608. The number of anilines is 1. The van der Waals surface area contributed by atoms with Gasteiger partial charge < -0.3 is 9.64 Å². The van der Waals surface area contributed by atoms with Crippen LogP contribution in [0.4, 0.5) is 11.4 Å². The summed E-state index contributed by atoms with van der Waals surface area (Å²) in [4.78, 5) is 23.0. The average molecular weight is 252 g/mol. The molecular formula is C12H16N2O4. The van der Waals surface area contributed by atoms with Crippen LogP contribution in [-0.2, 0) is 4.79 Å². The van der Waals surface area contributed by atoms with Gasteiger partial charge in [-0.05, 0) is 26.0 Å². The minimum absolute atomic E-state index is 0.0858. The number of nitro benzene ring substituents is 1. The lowest BCUT2D eigenvalue weighted by atomic mass is 10.1. The van der Waals surface area contributed by atoms with Crippen molar-refractivity contribution in [1.82, 2.24) is 0 Å². The fourth-order valence-corrected chi connectivity index (χ4v) is 1.32. The van der Waals surface area contributed by atoms with Crippen molar-refractivity contribution in [2.45, 2.75) is 19.4 Å². The van der Waals surface area contributed by atoms with E-state index in [1.807, 2.05) is 0 Å². The highest BCUT2D eigenvalue weighted by Gasteiger charge is 2.24. The lowest BCUT2D eigenvalue weighted by molar-refractivity contribution is -0.386. The fraction of sp³-hybridized carbons (Fsp3) is 0.417. The first kappa shape index (κ1) is 14.0. The first-order chi connectivity index (χ1) is 8.26. The van der Waals surface area contributed by atoms with Gasteiger partial charge in [0.1, 0.15) is 0 Å². The van der Waals surface area contributed by atoms with Gasteiger partial charge in [0.05, 0.1) is 4.92 Å². The van der Waals surface area contributed by atoms with E-state index >= 15 is 0 Å². The molecule has 6 nitrogen and oxygen atoms in total. The van der Waals surface area contributed by atoms with E-state index in [-0.39, 0.29) is 11.4 Å². The van der Waals surface area contributed by atoms with Gasteiger partial charge >= 0.3 is 5.69 Å². The van der Waals surface area contributed by atoms with Crippen LogP contribution in [0.25, 0.3) is 0 Å². The molecule has 0 saturated carbocycles. The summed E-state index contributed by atoms with van der Waals surface area (Å²) < 4.78 is 5.35. The zero-order valence-electron chi connectivity index (χ0n) is 10.8. The summed E-state index contributed by atoms with van der Waals surface area (Å²) in [5, 5.41) is 11.0. The van der Waals surface area contributed by atoms with Crippen LogP contribution in [-0.4, -0.2) is 30.9 Å². The molecule has 0 fully saturated rings. The second kappa shape index (κ2) is 5.03. The van der Waals surface area contributed by atoms with Crippen LogP contribution in [0.2, 0.25) is 0 Å². The second-order valence-electron chi connectivity index (χ2n) is 4.63. The Morgan fingerprint density at radius 2 is 2.00 bits per heavy atom. The van der Waals surface area contributed by atoms with Crippen molar-refractivity contribution in [3.8, 4) is 5.75 Å². The number of carbonyl (C=O) groups excluding carboxylic acids is 1. The number of hydrogen-bond donors (Lipinski definition) is 0. The Hall–Kier alpha value is -2.11. The molecule has 0 radical (unpaired) electrons. The third-order valence-electron chi connectivity index (χ3n) is 2.31. The maximum atomic E-state index is 11.0. The van der Waals surface area contributed by atoms with Crippen molar-refractivity contribution in [3.05, 3.63) is 28.3 Å². The molecule has 0 atom stereocenters. The zero-order chi connectivity index (χ0) is 13.9. The van der Waals surface area contributed by atoms with Crippen molar-refractivity contribution < 1.29 is 14.5 Å². The van der Waals surface area contributed by atoms with Crippen LogP contribution in [0.3, 0.4) is 0 Å². The minimum Gasteiger partial charge on any atom is -0.473 e. The summed E-state index contributed by atoms with van der Waals surface area (Å²) >= 11 is 0. The molecule has 0 spiro atoms. The molecule has 1 aromatic carbocycles. The number of hydrogen-bond acceptors (Lipinski definition) is 5. The summed E-state index contributed by atoms with van der Waals surface area (Å²) in [7, 11) is 3.57. The van der Waals surface area contributed by atoms with Crippen molar-refractivity contribution in [2.24, 2.45) is 0 Å². The van der Waals surface area contributed by atoms with Gasteiger partial charge in [0, 0.05) is 25.8 Å². The number of ether oxygens (including phenoxy) is 1. The highest BCUT2D eigenvalue weighted by Crippen LogP contribution is 2.33. The van der Waals surface area contributed by atoms with E-state index in [0.717, 1.165) is 0 Å². The highest BCUT2D eigenvalue weighted by atomic mass is 16.6. The van der Waals surface area contributed by atoms with E-state index in [2.05, 4.69) is 0 Å². The second-order valence-corrected chi connectivity index (χ2v) is 4.63. The zero-order valence-corrected chi connectivity index (χ0v) is 10.8. The van der Waals surface area contributed by atoms with Gasteiger partial charge in [-0.25, -0.2) is 0 Å². The largest absolute Gasteiger partial charge is 0.473 e. The van der Waals surface area contributed by atoms with E-state index in [1.54, 1.807) is 38.9 Å². The van der Waals surface area contributed by atoms with Crippen molar-refractivity contribution in [3.63, 3.8) is 0 Å². The molecule has 1 rings (SSSR count). The van der Waals surface area contributed by atoms with Gasteiger partial charge in [-0.2, -0.15) is 0 Å². The van der Waals surface area contributed by atoms with E-state index in [9.17, 15) is 14.9 Å². The number of rotatable bonds is 5. The molecule has 1 aromatic rings. The summed E-state index contributed by atoms with van der Waals surface area (Å²) in [6.45, 7) is 3.09. The molecule has 0 heterocycles. The predicted octanol–water partition coefficient (Wildman–Crippen LogP) is 2.02. The molecule has 0 aliphatic carbocycles. The molecule has 0 aromatic heterocycles. The molecule has 0 bridgehead atoms. The summed E-state index contributed by atoms with van der Waals surface area (Å²) in [5.41, 5.74) is -0.557. The van der Waals surface area contributed by atoms with Crippen LogP contribution >= 0.6 is 0 Å². The Kier molecular flexibility index (Phi) is 3.90. The van der Waals surface area contributed by atoms with Crippen LogP contribution < -0.4 is 9.64 Å². The maximum Gasteiger partial charge on any atom is 0.313 e. The Labute approximate surface area is 105 Å². The molecule has 18 heavy (non-hydrogen) atoms. The lowest BCUT2D eigenvalue weighted by Crippen LogP contribution is -2.30. The number of nitrogens with zero attached hydrogens (tertiary/aromatic N) is 2. The Morgan fingerprint density at radius 3 is 2.44 bits per heavy atom. The monoisotopic (exact) mass is 252 g/mol. The van der Waals surface area contributed by atoms with Gasteiger partial charge in [0.25, 0.3) is 0 Å². The van der Waals surface area contributed by atoms with E-state index in [4.69, 9.17) is 4.74 Å². The van der Waals surface area contributed by atoms with Crippen molar-refractivity contribution in [1.29, 1.82) is 0 Å². The van der Waals surface area contributed by atoms with Gasteiger partial charge in [-0.15, -0.1) is 0 Å². The number of carbonyl (C=O) groups is 1. The topological polar surface area (TPSA) is 72.7 Å². The number of benzene rings is 1. The maximum absolute atomic E-state index is 11.0. The van der Waals surface area contributed by atoms with Crippen LogP contribution in [0.5, 0.6) is 5.75 Å². The molecular weight excluding hydrogens is 236 g/mol. The molecule has 0 aliphatic rings. The fourth-order valence-electron chi connectivity index (χ4n) is 1.32. The van der Waals surface area contributed by atoms with Gasteiger partial charge in [0.2, 0.25) is 0 Å². The lowest BCUT2D eigenvalue weighted by Gasteiger charge is -2.20. The SMILES string of the molecule is CN(C)c1ccc(OC(C)(C)C=O)c([N+](=O)[O-])c1. The molecule has 0 N–H and O–H groups in total. The summed E-state index contributed by atoms with van der Waals surface area (Å²) in [6, 6.07) is 4.61. The normalized spacial score (nSPS) is 10.9. The van der Waals surface area contributed by atoms with E-state index < -0.39 is 10.5 Å². The van der Waals surface area contributed by atoms with Gasteiger partial charge in [-0.3, -0.25) is 14.9 Å². The van der Waals surface area contributed by atoms with Gasteiger partial charge in [-0.1, -0.05) is 0 Å². The molecule has 0 saturated heterocycles. The Bertz CT molecular complexity index is 469. The smallest absolute Gasteiger partial charge is 0.313 e. The quantitative estimate of drug-likeness (QED) is 0.455. The standard InChI is InChI=1S/C12H16N2O4/c1-12(2,8-15)18-11-6-5-9(13(3)4)7-10(11)14(16)17/h5-8H,1-4H3. The molecule has 98 valence electrons. The third kappa shape index (κ3) is 3.19. The third-order valence-corrected chi connectivity index (χ3v) is 2.31. The van der Waals surface area contributed by atoms with E-state index in [0.29, 0.717) is 12.0 Å². The summed E-state index contributed by atoms with van der Waals surface area (Å²) in [5.74, 6) is 0.0858. The van der Waals surface area contributed by atoms with Crippen LogP contribution in [0, 0.1) is 10.1 Å². The van der Waals surface area contributed by atoms with Crippen molar-refractivity contribution in [2.75, 3.05) is 19.0 Å². The molecule has 0 aliphatic heterocycles. The van der Waals surface area contributed by atoms with Crippen LogP contribution in [0.15, 0.2) is 18.2 Å². The Balaban J connectivity index is 3.20. The number of nitro groups is 1. The van der Waals surface area contributed by atoms with Crippen LogP contribution in [0.1, 0.15) is 13.8 Å². The number of aldehydes is 1. The van der Waals surface area contributed by atoms with E-state index in [1.165, 1.54) is 12.1 Å². The molecule has 0 unspecified atom stereocenters. The minimum atomic E-state index is -1.09. The van der Waals surface area contributed by atoms with Gasteiger partial charge in [0.15, 0.2) is 17.6 Å².